The Kier molecular flexibility index (Phi) is 7.08. The predicted octanol–water partition coefficient (Wildman–Crippen LogP) is 4.81. The summed E-state index contributed by atoms with van der Waals surface area (Å²) in [5, 5.41) is 12.5. The van der Waals surface area contributed by atoms with E-state index in [-0.39, 0.29) is 0 Å². The summed E-state index contributed by atoms with van der Waals surface area (Å²) in [5.74, 6) is -1.22. The largest absolute Gasteiger partial charge is 0.476 e. The Morgan fingerprint density at radius 3 is 2.90 bits per heavy atom. The van der Waals surface area contributed by atoms with E-state index in [1.165, 1.54) is 11.3 Å². The molecule has 0 spiro atoms. The van der Waals surface area contributed by atoms with E-state index in [1.54, 1.807) is 12.4 Å². The van der Waals surface area contributed by atoms with Gasteiger partial charge >= 0.3 is 5.97 Å². The van der Waals surface area contributed by atoms with Gasteiger partial charge in [0.05, 0.1) is 10.6 Å². The van der Waals surface area contributed by atoms with Crippen LogP contribution in [0.4, 0.5) is 21.2 Å². The van der Waals surface area contributed by atoms with E-state index in [9.17, 15) is 9.18 Å². The number of carboxylic acids is 1. The molecule has 0 aromatic carbocycles. The summed E-state index contributed by atoms with van der Waals surface area (Å²) in [6.07, 6.45) is 5.58. The van der Waals surface area contributed by atoms with Gasteiger partial charge in [-0.05, 0) is 55.7 Å². The highest BCUT2D eigenvalue weighted by molar-refractivity contribution is 7.18. The van der Waals surface area contributed by atoms with Gasteiger partial charge in [-0.25, -0.2) is 19.7 Å². The lowest BCUT2D eigenvalue weighted by molar-refractivity contribution is -0.134. The van der Waals surface area contributed by atoms with Crippen molar-refractivity contribution in [1.29, 1.82) is 0 Å². The molecular formula is C21H22FN5O2S. The average Bonchev–Trinajstić information content (AvgIpc) is 3.21. The van der Waals surface area contributed by atoms with Crippen LogP contribution in [0.3, 0.4) is 0 Å². The molecule has 0 saturated heterocycles. The van der Waals surface area contributed by atoms with Crippen LogP contribution in [0.2, 0.25) is 0 Å². The monoisotopic (exact) mass is 427 g/mol. The van der Waals surface area contributed by atoms with Gasteiger partial charge in [0, 0.05) is 26.0 Å². The summed E-state index contributed by atoms with van der Waals surface area (Å²) in [7, 11) is 1.90. The molecule has 0 amide bonds. The van der Waals surface area contributed by atoms with Crippen LogP contribution in [0.5, 0.6) is 0 Å². The lowest BCUT2D eigenvalue weighted by Gasteiger charge is -2.14. The first-order valence-electron chi connectivity index (χ1n) is 9.35. The summed E-state index contributed by atoms with van der Waals surface area (Å²) >= 11 is 1.51. The third-order valence-electron chi connectivity index (χ3n) is 4.22. The van der Waals surface area contributed by atoms with Gasteiger partial charge in [-0.2, -0.15) is 4.39 Å². The van der Waals surface area contributed by atoms with Crippen molar-refractivity contribution < 1.29 is 14.3 Å². The van der Waals surface area contributed by atoms with Crippen molar-refractivity contribution in [3.63, 3.8) is 0 Å². The molecule has 0 fully saturated rings. The molecule has 3 heterocycles. The molecule has 3 aromatic rings. The van der Waals surface area contributed by atoms with Crippen molar-refractivity contribution in [3.8, 4) is 10.6 Å². The van der Waals surface area contributed by atoms with Gasteiger partial charge in [-0.1, -0.05) is 17.4 Å². The second-order valence-corrected chi connectivity index (χ2v) is 7.69. The Hall–Kier alpha value is -3.33. The third-order valence-corrected chi connectivity index (χ3v) is 5.35. The topological polar surface area (TPSA) is 91.2 Å². The number of pyridine rings is 2. The SMILES string of the molecule is Cc1ccnc(Nc2cccc(-c3cnc(N(C)CCC/C=C(/F)C(=O)O)s3)n2)c1. The minimum Gasteiger partial charge on any atom is -0.476 e. The Morgan fingerprint density at radius 2 is 2.13 bits per heavy atom. The molecule has 0 aliphatic carbocycles. The molecule has 0 unspecified atom stereocenters. The number of rotatable bonds is 9. The quantitative estimate of drug-likeness (QED) is 0.374. The Bertz CT molecular complexity index is 1050. The highest BCUT2D eigenvalue weighted by atomic mass is 32.1. The summed E-state index contributed by atoms with van der Waals surface area (Å²) in [6, 6.07) is 9.61. The predicted molar refractivity (Wildman–Crippen MR) is 117 cm³/mol. The lowest BCUT2D eigenvalue weighted by atomic mass is 10.2. The summed E-state index contributed by atoms with van der Waals surface area (Å²) < 4.78 is 13.0. The van der Waals surface area contributed by atoms with Crippen LogP contribution in [0, 0.1) is 6.92 Å². The number of allylic oxidation sites excluding steroid dienone is 1. The summed E-state index contributed by atoms with van der Waals surface area (Å²) in [4.78, 5) is 26.7. The van der Waals surface area contributed by atoms with Gasteiger partial charge in [0.25, 0.3) is 0 Å². The van der Waals surface area contributed by atoms with E-state index in [4.69, 9.17) is 5.11 Å². The maximum Gasteiger partial charge on any atom is 0.364 e. The molecule has 0 radical (unpaired) electrons. The standard InChI is InChI=1S/C21H22FN5O2S/c1-14-9-10-23-19(12-14)26-18-8-5-7-16(25-18)17-13-24-21(30-17)27(2)11-4-3-6-15(22)20(28)29/h5-10,12-13H,3-4,11H2,1-2H3,(H,28,29)(H,23,25,26)/b15-6+. The van der Waals surface area contributed by atoms with Crippen molar-refractivity contribution >= 4 is 34.1 Å². The van der Waals surface area contributed by atoms with Crippen LogP contribution in [0.15, 0.2) is 54.6 Å². The number of anilines is 3. The molecule has 0 aliphatic heterocycles. The average molecular weight is 428 g/mol. The van der Waals surface area contributed by atoms with Gasteiger partial charge in [0.15, 0.2) is 5.13 Å². The molecule has 3 rings (SSSR count). The maximum absolute atomic E-state index is 13.0. The number of unbranched alkanes of at least 4 members (excludes halogenated alkanes) is 1. The van der Waals surface area contributed by atoms with Crippen LogP contribution < -0.4 is 10.2 Å². The first-order valence-corrected chi connectivity index (χ1v) is 10.2. The highest BCUT2D eigenvalue weighted by Gasteiger charge is 2.11. The number of nitrogens with one attached hydrogen (secondary N) is 1. The number of aromatic nitrogens is 3. The number of hydrogen-bond donors (Lipinski definition) is 2. The number of carbonyl (C=O) groups is 1. The minimum atomic E-state index is -1.53. The fourth-order valence-electron chi connectivity index (χ4n) is 2.68. The minimum absolute atomic E-state index is 0.350. The molecule has 0 aliphatic rings. The van der Waals surface area contributed by atoms with E-state index >= 15 is 0 Å². The van der Waals surface area contributed by atoms with Crippen molar-refractivity contribution in [3.05, 3.63) is 60.2 Å². The van der Waals surface area contributed by atoms with Crippen LogP contribution >= 0.6 is 11.3 Å². The number of aliphatic carboxylic acids is 1. The molecule has 0 atom stereocenters. The summed E-state index contributed by atoms with van der Waals surface area (Å²) in [6.45, 7) is 2.63. The van der Waals surface area contributed by atoms with E-state index in [0.717, 1.165) is 33.2 Å². The van der Waals surface area contributed by atoms with Gasteiger partial charge < -0.3 is 15.3 Å². The van der Waals surface area contributed by atoms with Gasteiger partial charge in [0.1, 0.15) is 11.6 Å². The second-order valence-electron chi connectivity index (χ2n) is 6.68. The lowest BCUT2D eigenvalue weighted by Crippen LogP contribution is -2.17. The van der Waals surface area contributed by atoms with Gasteiger partial charge in [-0.15, -0.1) is 0 Å². The van der Waals surface area contributed by atoms with E-state index in [0.29, 0.717) is 25.2 Å². The molecule has 156 valence electrons. The first kappa shape index (κ1) is 21.4. The van der Waals surface area contributed by atoms with Crippen molar-refractivity contribution in [2.45, 2.75) is 19.8 Å². The van der Waals surface area contributed by atoms with E-state index in [2.05, 4.69) is 20.3 Å². The molecule has 30 heavy (non-hydrogen) atoms. The van der Waals surface area contributed by atoms with E-state index in [1.807, 2.05) is 49.2 Å². The second kappa shape index (κ2) is 9.93. The maximum atomic E-state index is 13.0. The first-order chi connectivity index (χ1) is 14.4. The summed E-state index contributed by atoms with van der Waals surface area (Å²) in [5.41, 5.74) is 1.91. The third kappa shape index (κ3) is 5.84. The van der Waals surface area contributed by atoms with Gasteiger partial charge in [0.2, 0.25) is 5.83 Å². The van der Waals surface area contributed by atoms with Crippen molar-refractivity contribution in [1.82, 2.24) is 15.0 Å². The number of nitrogens with zero attached hydrogens (tertiary/aromatic N) is 4. The van der Waals surface area contributed by atoms with Crippen LogP contribution in [0.1, 0.15) is 18.4 Å². The number of carboxylic acid groups (broad SMARTS) is 1. The normalized spacial score (nSPS) is 11.4. The smallest absolute Gasteiger partial charge is 0.364 e. The van der Waals surface area contributed by atoms with Gasteiger partial charge in [-0.3, -0.25) is 0 Å². The van der Waals surface area contributed by atoms with Crippen LogP contribution in [0.25, 0.3) is 10.6 Å². The molecule has 7 nitrogen and oxygen atoms in total. The van der Waals surface area contributed by atoms with Crippen molar-refractivity contribution in [2.75, 3.05) is 23.8 Å². The van der Waals surface area contributed by atoms with Crippen molar-refractivity contribution in [2.24, 2.45) is 0 Å². The number of halogens is 1. The highest BCUT2D eigenvalue weighted by Crippen LogP contribution is 2.30. The Labute approximate surface area is 178 Å². The number of thiazole rings is 1. The molecular weight excluding hydrogens is 405 g/mol. The molecule has 2 N–H and O–H groups in total. The zero-order chi connectivity index (χ0) is 21.5. The molecule has 3 aromatic heterocycles. The van der Waals surface area contributed by atoms with Crippen LogP contribution in [-0.2, 0) is 4.79 Å². The molecule has 9 heteroatoms. The molecule has 0 saturated carbocycles. The fourth-order valence-corrected chi connectivity index (χ4v) is 3.55. The Balaban J connectivity index is 1.62. The number of hydrogen-bond acceptors (Lipinski definition) is 7. The molecule has 0 bridgehead atoms. The Morgan fingerprint density at radius 1 is 1.30 bits per heavy atom. The number of aryl methyl sites for hydroxylation is 1. The fraction of sp³-hybridized carbons (Fsp3) is 0.238. The van der Waals surface area contributed by atoms with Crippen LogP contribution in [-0.4, -0.2) is 39.6 Å². The van der Waals surface area contributed by atoms with E-state index < -0.39 is 11.8 Å². The zero-order valence-electron chi connectivity index (χ0n) is 16.7. The zero-order valence-corrected chi connectivity index (χ0v) is 17.5.